The molecule has 1 heterocycles. The van der Waals surface area contributed by atoms with Crippen LogP contribution in [0.5, 0.6) is 5.75 Å². The SMILES string of the molecule is Cc1ccc(-c2ccc3nc(-c4ccc(C(F)(F)Oc5ccc(-c6cc(F)c(F)c(F)c6)c(F)c5)cc4)sc3c2)cc1. The Morgan fingerprint density at radius 2 is 1.29 bits per heavy atom. The predicted molar refractivity (Wildman–Crippen MR) is 151 cm³/mol. The van der Waals surface area contributed by atoms with Gasteiger partial charge in [-0.05, 0) is 72.1 Å². The third kappa shape index (κ3) is 5.35. The molecular formula is C33H19F6NOS. The quantitative estimate of drug-likeness (QED) is 0.142. The summed E-state index contributed by atoms with van der Waals surface area (Å²) in [5.41, 5.74) is 3.65. The van der Waals surface area contributed by atoms with Gasteiger partial charge in [0.15, 0.2) is 17.5 Å². The minimum Gasteiger partial charge on any atom is -0.429 e. The van der Waals surface area contributed by atoms with E-state index in [1.165, 1.54) is 41.2 Å². The van der Waals surface area contributed by atoms with Gasteiger partial charge in [0.25, 0.3) is 0 Å². The Morgan fingerprint density at radius 1 is 0.643 bits per heavy atom. The molecule has 1 aromatic heterocycles. The maximum atomic E-state index is 15.0. The van der Waals surface area contributed by atoms with E-state index in [2.05, 4.69) is 17.1 Å². The first-order valence-corrected chi connectivity index (χ1v) is 13.5. The van der Waals surface area contributed by atoms with Crippen molar-refractivity contribution < 1.29 is 31.1 Å². The van der Waals surface area contributed by atoms with E-state index in [9.17, 15) is 26.3 Å². The van der Waals surface area contributed by atoms with Crippen LogP contribution in [0.3, 0.4) is 0 Å². The normalized spacial score (nSPS) is 11.7. The first-order valence-electron chi connectivity index (χ1n) is 12.7. The summed E-state index contributed by atoms with van der Waals surface area (Å²) in [6.07, 6.45) is -3.82. The summed E-state index contributed by atoms with van der Waals surface area (Å²) >= 11 is 1.44. The number of ether oxygens (including phenoxy) is 1. The molecular weight excluding hydrogens is 572 g/mol. The monoisotopic (exact) mass is 591 g/mol. The molecule has 0 fully saturated rings. The minimum atomic E-state index is -3.82. The highest BCUT2D eigenvalue weighted by Crippen LogP contribution is 2.37. The van der Waals surface area contributed by atoms with Crippen molar-refractivity contribution in [2.75, 3.05) is 0 Å². The smallest absolute Gasteiger partial charge is 0.426 e. The highest BCUT2D eigenvalue weighted by atomic mass is 32.1. The number of fused-ring (bicyclic) bond motifs is 1. The molecule has 9 heteroatoms. The van der Waals surface area contributed by atoms with Crippen LogP contribution in [-0.4, -0.2) is 4.98 Å². The van der Waals surface area contributed by atoms with Crippen LogP contribution in [0, 0.1) is 30.2 Å². The molecule has 5 aromatic carbocycles. The van der Waals surface area contributed by atoms with Crippen molar-refractivity contribution >= 4 is 21.6 Å². The second-order valence-electron chi connectivity index (χ2n) is 9.66. The van der Waals surface area contributed by atoms with E-state index in [-0.39, 0.29) is 11.1 Å². The zero-order valence-corrected chi connectivity index (χ0v) is 22.6. The van der Waals surface area contributed by atoms with Gasteiger partial charge in [0.1, 0.15) is 16.6 Å². The maximum Gasteiger partial charge on any atom is 0.426 e. The summed E-state index contributed by atoms with van der Waals surface area (Å²) in [5.74, 6) is -6.29. The molecule has 0 radical (unpaired) electrons. The van der Waals surface area contributed by atoms with Gasteiger partial charge in [-0.15, -0.1) is 11.3 Å². The largest absolute Gasteiger partial charge is 0.429 e. The summed E-state index contributed by atoms with van der Waals surface area (Å²) in [5, 5.41) is 0.660. The maximum absolute atomic E-state index is 15.0. The Labute approximate surface area is 240 Å². The second kappa shape index (κ2) is 10.6. The van der Waals surface area contributed by atoms with E-state index in [0.29, 0.717) is 28.8 Å². The number of aryl methyl sites for hydroxylation is 1. The lowest BCUT2D eigenvalue weighted by atomic mass is 10.0. The van der Waals surface area contributed by atoms with Crippen molar-refractivity contribution in [3.05, 3.63) is 131 Å². The van der Waals surface area contributed by atoms with Crippen molar-refractivity contribution in [3.63, 3.8) is 0 Å². The van der Waals surface area contributed by atoms with Gasteiger partial charge in [-0.3, -0.25) is 0 Å². The minimum absolute atomic E-state index is 0.293. The van der Waals surface area contributed by atoms with Crippen LogP contribution in [0.2, 0.25) is 0 Å². The third-order valence-corrected chi connectivity index (χ3v) is 7.79. The second-order valence-corrected chi connectivity index (χ2v) is 10.7. The zero-order valence-electron chi connectivity index (χ0n) is 21.8. The number of nitrogens with zero attached hydrogens (tertiary/aromatic N) is 1. The molecule has 0 unspecified atom stereocenters. The van der Waals surface area contributed by atoms with E-state index in [1.807, 2.05) is 37.3 Å². The fraction of sp³-hybridized carbons (Fsp3) is 0.0606. The fourth-order valence-corrected chi connectivity index (χ4v) is 5.50. The van der Waals surface area contributed by atoms with Gasteiger partial charge in [0.05, 0.1) is 15.8 Å². The van der Waals surface area contributed by atoms with E-state index >= 15 is 0 Å². The molecule has 0 spiro atoms. The summed E-state index contributed by atoms with van der Waals surface area (Å²) in [6, 6.07) is 23.5. The lowest BCUT2D eigenvalue weighted by Crippen LogP contribution is -2.21. The van der Waals surface area contributed by atoms with Crippen LogP contribution in [0.4, 0.5) is 26.3 Å². The third-order valence-electron chi connectivity index (χ3n) is 6.72. The Hall–Kier alpha value is -4.63. The van der Waals surface area contributed by atoms with Gasteiger partial charge >= 0.3 is 6.11 Å². The number of rotatable bonds is 6. The molecule has 0 aliphatic rings. The van der Waals surface area contributed by atoms with Crippen LogP contribution in [0.1, 0.15) is 11.1 Å². The molecule has 6 aromatic rings. The molecule has 0 atom stereocenters. The van der Waals surface area contributed by atoms with Gasteiger partial charge in [-0.25, -0.2) is 22.5 Å². The highest BCUT2D eigenvalue weighted by molar-refractivity contribution is 7.21. The van der Waals surface area contributed by atoms with Gasteiger partial charge in [0.2, 0.25) is 0 Å². The first-order chi connectivity index (χ1) is 20.1. The molecule has 42 heavy (non-hydrogen) atoms. The molecule has 6 rings (SSSR count). The fourth-order valence-electron chi connectivity index (χ4n) is 4.49. The summed E-state index contributed by atoms with van der Waals surface area (Å²) in [6.45, 7) is 2.03. The molecule has 2 nitrogen and oxygen atoms in total. The van der Waals surface area contributed by atoms with Gasteiger partial charge in [-0.1, -0.05) is 48.0 Å². The first kappa shape index (κ1) is 27.5. The summed E-state index contributed by atoms with van der Waals surface area (Å²) in [7, 11) is 0. The molecule has 0 saturated heterocycles. The Kier molecular flexibility index (Phi) is 6.98. The average Bonchev–Trinajstić information content (AvgIpc) is 3.40. The van der Waals surface area contributed by atoms with Crippen LogP contribution in [-0.2, 0) is 6.11 Å². The van der Waals surface area contributed by atoms with Gasteiger partial charge < -0.3 is 4.74 Å². The number of halogens is 6. The lowest BCUT2D eigenvalue weighted by Gasteiger charge is -2.19. The van der Waals surface area contributed by atoms with Crippen LogP contribution < -0.4 is 4.74 Å². The van der Waals surface area contributed by atoms with Crippen molar-refractivity contribution in [3.8, 4) is 38.6 Å². The van der Waals surface area contributed by atoms with E-state index in [0.717, 1.165) is 33.5 Å². The predicted octanol–water partition coefficient (Wildman–Crippen LogP) is 10.3. The lowest BCUT2D eigenvalue weighted by molar-refractivity contribution is -0.185. The van der Waals surface area contributed by atoms with Crippen molar-refractivity contribution in [1.29, 1.82) is 0 Å². The molecule has 0 amide bonds. The number of hydrogen-bond donors (Lipinski definition) is 0. The molecule has 0 aliphatic carbocycles. The zero-order chi connectivity index (χ0) is 29.6. The van der Waals surface area contributed by atoms with Crippen molar-refractivity contribution in [1.82, 2.24) is 4.98 Å². The van der Waals surface area contributed by atoms with E-state index < -0.39 is 40.7 Å². The molecule has 0 N–H and O–H groups in total. The summed E-state index contributed by atoms with van der Waals surface area (Å²) in [4.78, 5) is 4.64. The van der Waals surface area contributed by atoms with Crippen LogP contribution in [0.15, 0.2) is 97.1 Å². The van der Waals surface area contributed by atoms with Crippen molar-refractivity contribution in [2.24, 2.45) is 0 Å². The average molecular weight is 592 g/mol. The van der Waals surface area contributed by atoms with Crippen LogP contribution >= 0.6 is 11.3 Å². The molecule has 0 aliphatic heterocycles. The Bertz CT molecular complexity index is 1910. The number of benzene rings is 5. The topological polar surface area (TPSA) is 22.1 Å². The number of hydrogen-bond acceptors (Lipinski definition) is 3. The number of alkyl halides is 2. The van der Waals surface area contributed by atoms with Crippen LogP contribution in [0.25, 0.3) is 43.0 Å². The molecule has 0 saturated carbocycles. The molecule has 0 bridgehead atoms. The van der Waals surface area contributed by atoms with E-state index in [4.69, 9.17) is 4.74 Å². The molecule has 210 valence electrons. The Morgan fingerprint density at radius 3 is 1.95 bits per heavy atom. The number of aromatic nitrogens is 1. The standard InChI is InChI=1S/C33H19F6NOS/c1-18-2-4-19(5-3-18)21-8-13-29-30(16-21)42-32(40-29)20-6-9-23(10-7-20)33(38,39)41-24-11-12-25(26(34)17-24)22-14-27(35)31(37)28(36)15-22/h2-17H,1H3. The summed E-state index contributed by atoms with van der Waals surface area (Å²) < 4.78 is 90.7. The Balaban J connectivity index is 1.21. The van der Waals surface area contributed by atoms with Crippen molar-refractivity contribution in [2.45, 2.75) is 13.0 Å². The highest BCUT2D eigenvalue weighted by Gasteiger charge is 2.35. The van der Waals surface area contributed by atoms with E-state index in [1.54, 1.807) is 0 Å². The van der Waals surface area contributed by atoms with Gasteiger partial charge in [-0.2, -0.15) is 8.78 Å². The number of thiazole rings is 1. The van der Waals surface area contributed by atoms with Gasteiger partial charge in [0, 0.05) is 17.2 Å².